The third-order valence-corrected chi connectivity index (χ3v) is 6.23. The zero-order chi connectivity index (χ0) is 21.3. The van der Waals surface area contributed by atoms with Crippen molar-refractivity contribution in [3.63, 3.8) is 0 Å². The second-order valence-electron chi connectivity index (χ2n) is 7.43. The van der Waals surface area contributed by atoms with E-state index in [0.29, 0.717) is 28.6 Å². The number of thiazole rings is 1. The standard InChI is InChI=1S/C23H23N3O3S/c1-13-4-7-15(8-5-13)21(27)26-23-25-20-16(9-11-19(20)30-23)22(28)24-17-10-6-14(2)12-18(17)29-3/h4-8,10,12,16H,9,11H2,1-3H3,(H,24,28)(H,25,26,27). The number of methoxy groups -OCH3 is 1. The van der Waals surface area contributed by atoms with E-state index >= 15 is 0 Å². The van der Waals surface area contributed by atoms with E-state index in [1.165, 1.54) is 11.3 Å². The second kappa shape index (κ2) is 8.28. The Balaban J connectivity index is 1.48. The number of anilines is 2. The van der Waals surface area contributed by atoms with Crippen molar-refractivity contribution in [3.05, 3.63) is 69.7 Å². The minimum absolute atomic E-state index is 0.113. The maximum absolute atomic E-state index is 12.9. The van der Waals surface area contributed by atoms with Crippen LogP contribution < -0.4 is 15.4 Å². The molecule has 0 saturated heterocycles. The molecule has 2 aromatic carbocycles. The summed E-state index contributed by atoms with van der Waals surface area (Å²) in [6.07, 6.45) is 1.48. The van der Waals surface area contributed by atoms with Crippen LogP contribution in [0.3, 0.4) is 0 Å². The Morgan fingerprint density at radius 2 is 1.80 bits per heavy atom. The van der Waals surface area contributed by atoms with Gasteiger partial charge in [-0.15, -0.1) is 11.3 Å². The number of fused-ring (bicyclic) bond motifs is 1. The summed E-state index contributed by atoms with van der Waals surface area (Å²) in [4.78, 5) is 31.0. The number of carbonyl (C=O) groups is 2. The lowest BCUT2D eigenvalue weighted by molar-refractivity contribution is -0.117. The molecular formula is C23H23N3O3S. The fourth-order valence-electron chi connectivity index (χ4n) is 3.53. The smallest absolute Gasteiger partial charge is 0.257 e. The van der Waals surface area contributed by atoms with Gasteiger partial charge in [-0.1, -0.05) is 23.8 Å². The maximum atomic E-state index is 12.9. The molecule has 1 aliphatic rings. The Kier molecular flexibility index (Phi) is 5.55. The fraction of sp³-hybridized carbons (Fsp3) is 0.261. The largest absolute Gasteiger partial charge is 0.495 e. The zero-order valence-electron chi connectivity index (χ0n) is 17.1. The molecule has 1 aromatic heterocycles. The van der Waals surface area contributed by atoms with Gasteiger partial charge in [0.1, 0.15) is 5.75 Å². The number of nitrogens with zero attached hydrogens (tertiary/aromatic N) is 1. The van der Waals surface area contributed by atoms with Gasteiger partial charge >= 0.3 is 0 Å². The molecule has 3 aromatic rings. The summed E-state index contributed by atoms with van der Waals surface area (Å²) in [7, 11) is 1.58. The summed E-state index contributed by atoms with van der Waals surface area (Å²) < 4.78 is 5.38. The molecule has 4 rings (SSSR count). The molecule has 30 heavy (non-hydrogen) atoms. The van der Waals surface area contributed by atoms with Gasteiger partial charge < -0.3 is 10.1 Å². The maximum Gasteiger partial charge on any atom is 0.257 e. The van der Waals surface area contributed by atoms with Gasteiger partial charge in [-0.3, -0.25) is 14.9 Å². The number of amides is 2. The molecule has 2 amide bonds. The fourth-order valence-corrected chi connectivity index (χ4v) is 4.57. The number of ether oxygens (including phenoxy) is 1. The number of rotatable bonds is 5. The van der Waals surface area contributed by atoms with Crippen molar-refractivity contribution in [2.45, 2.75) is 32.6 Å². The van der Waals surface area contributed by atoms with Crippen LogP contribution in [0, 0.1) is 13.8 Å². The van der Waals surface area contributed by atoms with Crippen LogP contribution in [0.15, 0.2) is 42.5 Å². The molecule has 0 saturated carbocycles. The minimum atomic E-state index is -0.340. The Morgan fingerprint density at radius 3 is 2.53 bits per heavy atom. The molecule has 0 fully saturated rings. The van der Waals surface area contributed by atoms with Crippen molar-refractivity contribution in [1.29, 1.82) is 0 Å². The van der Waals surface area contributed by atoms with E-state index in [9.17, 15) is 9.59 Å². The number of nitrogens with one attached hydrogen (secondary N) is 2. The number of benzene rings is 2. The quantitative estimate of drug-likeness (QED) is 0.626. The SMILES string of the molecule is COc1cc(C)ccc1NC(=O)C1CCc2sc(NC(=O)c3ccc(C)cc3)nc21. The van der Waals surface area contributed by atoms with Crippen molar-refractivity contribution in [2.24, 2.45) is 0 Å². The highest BCUT2D eigenvalue weighted by Gasteiger charge is 2.33. The predicted molar refractivity (Wildman–Crippen MR) is 119 cm³/mol. The van der Waals surface area contributed by atoms with Gasteiger partial charge in [0.15, 0.2) is 5.13 Å². The van der Waals surface area contributed by atoms with Gasteiger partial charge in [-0.25, -0.2) is 4.98 Å². The van der Waals surface area contributed by atoms with Crippen molar-refractivity contribution >= 4 is 34.0 Å². The van der Waals surface area contributed by atoms with E-state index in [1.807, 2.05) is 44.2 Å². The molecule has 7 heteroatoms. The topological polar surface area (TPSA) is 80.3 Å². The first-order valence-electron chi connectivity index (χ1n) is 9.77. The minimum Gasteiger partial charge on any atom is -0.495 e. The molecule has 0 aliphatic heterocycles. The molecule has 2 N–H and O–H groups in total. The lowest BCUT2D eigenvalue weighted by Gasteiger charge is -2.14. The van der Waals surface area contributed by atoms with Gasteiger partial charge in [0, 0.05) is 10.4 Å². The summed E-state index contributed by atoms with van der Waals surface area (Å²) in [5, 5.41) is 6.35. The average Bonchev–Trinajstić information content (AvgIpc) is 3.29. The molecule has 1 unspecified atom stereocenters. The molecule has 0 bridgehead atoms. The molecule has 6 nitrogen and oxygen atoms in total. The first-order valence-corrected chi connectivity index (χ1v) is 10.6. The van der Waals surface area contributed by atoms with Gasteiger partial charge in [0.05, 0.1) is 24.4 Å². The molecule has 1 aliphatic carbocycles. The highest BCUT2D eigenvalue weighted by Crippen LogP contribution is 2.39. The van der Waals surface area contributed by atoms with Crippen LogP contribution in [0.25, 0.3) is 0 Å². The van der Waals surface area contributed by atoms with Crippen LogP contribution in [0.5, 0.6) is 5.75 Å². The lowest BCUT2D eigenvalue weighted by atomic mass is 10.1. The number of hydrogen-bond acceptors (Lipinski definition) is 5. The summed E-state index contributed by atoms with van der Waals surface area (Å²) in [6.45, 7) is 3.95. The zero-order valence-corrected chi connectivity index (χ0v) is 17.9. The Hall–Kier alpha value is -3.19. The second-order valence-corrected chi connectivity index (χ2v) is 8.52. The Bertz CT molecular complexity index is 1110. The van der Waals surface area contributed by atoms with Crippen molar-refractivity contribution < 1.29 is 14.3 Å². The molecule has 0 radical (unpaired) electrons. The summed E-state index contributed by atoms with van der Waals surface area (Å²) in [5.74, 6) is -0.0244. The van der Waals surface area contributed by atoms with E-state index in [2.05, 4.69) is 15.6 Å². The molecule has 0 spiro atoms. The van der Waals surface area contributed by atoms with E-state index in [4.69, 9.17) is 4.74 Å². The van der Waals surface area contributed by atoms with E-state index in [0.717, 1.165) is 28.1 Å². The summed E-state index contributed by atoms with van der Waals surface area (Å²) >= 11 is 1.44. The predicted octanol–water partition coefficient (Wildman–Crippen LogP) is 4.69. The van der Waals surface area contributed by atoms with Gasteiger partial charge in [-0.2, -0.15) is 0 Å². The molecule has 1 heterocycles. The lowest BCUT2D eigenvalue weighted by Crippen LogP contribution is -2.20. The normalized spacial score (nSPS) is 14.8. The number of carbonyl (C=O) groups excluding carboxylic acids is 2. The van der Waals surface area contributed by atoms with Crippen molar-refractivity contribution in [1.82, 2.24) is 4.98 Å². The van der Waals surface area contributed by atoms with Crippen LogP contribution >= 0.6 is 11.3 Å². The third-order valence-electron chi connectivity index (χ3n) is 5.18. The van der Waals surface area contributed by atoms with Crippen LogP contribution in [0.4, 0.5) is 10.8 Å². The number of hydrogen-bond donors (Lipinski definition) is 2. The summed E-state index contributed by atoms with van der Waals surface area (Å²) in [5.41, 5.74) is 4.13. The summed E-state index contributed by atoms with van der Waals surface area (Å²) in [6, 6.07) is 13.0. The van der Waals surface area contributed by atoms with Crippen molar-refractivity contribution in [2.75, 3.05) is 17.7 Å². The van der Waals surface area contributed by atoms with Gasteiger partial charge in [0.25, 0.3) is 5.91 Å². The monoisotopic (exact) mass is 421 g/mol. The third kappa shape index (κ3) is 4.07. The van der Waals surface area contributed by atoms with Crippen LogP contribution in [0.2, 0.25) is 0 Å². The van der Waals surface area contributed by atoms with Crippen LogP contribution in [-0.2, 0) is 11.2 Å². The van der Waals surface area contributed by atoms with Gasteiger partial charge in [0.2, 0.25) is 5.91 Å². The van der Waals surface area contributed by atoms with E-state index in [1.54, 1.807) is 19.2 Å². The first-order chi connectivity index (χ1) is 14.4. The first kappa shape index (κ1) is 20.1. The highest BCUT2D eigenvalue weighted by atomic mass is 32.1. The Labute approximate surface area is 179 Å². The van der Waals surface area contributed by atoms with Crippen LogP contribution in [0.1, 0.15) is 44.4 Å². The Morgan fingerprint density at radius 1 is 1.07 bits per heavy atom. The van der Waals surface area contributed by atoms with E-state index in [-0.39, 0.29) is 17.7 Å². The molecule has 154 valence electrons. The van der Waals surface area contributed by atoms with E-state index < -0.39 is 0 Å². The highest BCUT2D eigenvalue weighted by molar-refractivity contribution is 7.16. The number of aryl methyl sites for hydroxylation is 3. The van der Waals surface area contributed by atoms with Crippen LogP contribution in [-0.4, -0.2) is 23.9 Å². The molecule has 1 atom stereocenters. The average molecular weight is 422 g/mol. The molecular weight excluding hydrogens is 398 g/mol. The van der Waals surface area contributed by atoms with Gasteiger partial charge in [-0.05, 0) is 56.5 Å². The number of aromatic nitrogens is 1. The van der Waals surface area contributed by atoms with Crippen molar-refractivity contribution in [3.8, 4) is 5.75 Å².